The monoisotopic (exact) mass is 288 g/mol. The lowest BCUT2D eigenvalue weighted by atomic mass is 10.0. The third-order valence-corrected chi connectivity index (χ3v) is 4.79. The van der Waals surface area contributed by atoms with Gasteiger partial charge < -0.3 is 5.11 Å². The van der Waals surface area contributed by atoms with E-state index in [0.29, 0.717) is 17.5 Å². The van der Waals surface area contributed by atoms with Crippen LogP contribution in [0.25, 0.3) is 0 Å². The van der Waals surface area contributed by atoms with Gasteiger partial charge in [-0.3, -0.25) is 19.4 Å². The van der Waals surface area contributed by atoms with Crippen molar-refractivity contribution in [3.8, 4) is 0 Å². The average molecular weight is 288 g/mol. The van der Waals surface area contributed by atoms with Crippen LogP contribution in [-0.4, -0.2) is 52.1 Å². The molecule has 3 atom stereocenters. The lowest BCUT2D eigenvalue weighted by Crippen LogP contribution is -2.52. The highest BCUT2D eigenvalue weighted by atomic mass is 16.3. The zero-order valence-electron chi connectivity index (χ0n) is 12.3. The topological polar surface area (TPSA) is 60.9 Å². The van der Waals surface area contributed by atoms with Gasteiger partial charge in [0, 0.05) is 6.04 Å². The molecule has 2 amide bonds. The number of imide groups is 1. The van der Waals surface area contributed by atoms with Crippen LogP contribution in [-0.2, 0) is 0 Å². The maximum absolute atomic E-state index is 12.6. The van der Waals surface area contributed by atoms with Crippen LogP contribution >= 0.6 is 0 Å². The Bertz CT molecular complexity index is 552. The molecule has 0 aliphatic carbocycles. The summed E-state index contributed by atoms with van der Waals surface area (Å²) < 4.78 is 0. The first kappa shape index (κ1) is 14.2. The average Bonchev–Trinajstić information content (AvgIpc) is 2.67. The summed E-state index contributed by atoms with van der Waals surface area (Å²) in [4.78, 5) is 28.4. The molecule has 1 N–H and O–H groups in total. The molecule has 1 aromatic rings. The number of benzene rings is 1. The fourth-order valence-corrected chi connectivity index (χ4v) is 3.35. The van der Waals surface area contributed by atoms with E-state index in [1.807, 2.05) is 18.9 Å². The Hall–Kier alpha value is -1.72. The minimum atomic E-state index is -0.514. The summed E-state index contributed by atoms with van der Waals surface area (Å²) in [5.41, 5.74) is 0.976. The molecule has 21 heavy (non-hydrogen) atoms. The van der Waals surface area contributed by atoms with Crippen LogP contribution in [0.15, 0.2) is 24.3 Å². The van der Waals surface area contributed by atoms with Gasteiger partial charge in [0.2, 0.25) is 0 Å². The van der Waals surface area contributed by atoms with Crippen molar-refractivity contribution in [1.82, 2.24) is 9.80 Å². The van der Waals surface area contributed by atoms with Gasteiger partial charge in [0.05, 0.1) is 17.2 Å². The van der Waals surface area contributed by atoms with Gasteiger partial charge in [0.15, 0.2) is 0 Å². The number of fused-ring (bicyclic) bond motifs is 1. The number of likely N-dealkylation sites (N-methyl/N-ethyl adjacent to an activating group) is 1. The van der Waals surface area contributed by atoms with Crippen LogP contribution in [0.1, 0.15) is 46.9 Å². The summed E-state index contributed by atoms with van der Waals surface area (Å²) in [6.07, 6.45) is 1.68. The van der Waals surface area contributed by atoms with Crippen LogP contribution in [0.5, 0.6) is 0 Å². The van der Waals surface area contributed by atoms with Crippen LogP contribution in [0, 0.1) is 0 Å². The van der Waals surface area contributed by atoms with Crippen LogP contribution in [0.2, 0.25) is 0 Å². The van der Waals surface area contributed by atoms with Gasteiger partial charge in [-0.05, 0) is 45.4 Å². The first-order valence-corrected chi connectivity index (χ1v) is 7.39. The molecule has 2 aliphatic heterocycles. The summed E-state index contributed by atoms with van der Waals surface area (Å²) in [5, 5.41) is 10.0. The van der Waals surface area contributed by atoms with Crippen molar-refractivity contribution in [2.45, 2.75) is 44.5 Å². The number of amides is 2. The molecule has 2 aliphatic rings. The predicted molar refractivity (Wildman–Crippen MR) is 77.8 cm³/mol. The molecule has 112 valence electrons. The van der Waals surface area contributed by atoms with Gasteiger partial charge in [-0.2, -0.15) is 0 Å². The zero-order chi connectivity index (χ0) is 15.1. The minimum absolute atomic E-state index is 0.0651. The van der Waals surface area contributed by atoms with Crippen molar-refractivity contribution in [2.75, 3.05) is 7.05 Å². The van der Waals surface area contributed by atoms with Gasteiger partial charge in [-0.1, -0.05) is 12.1 Å². The quantitative estimate of drug-likeness (QED) is 0.795. The fraction of sp³-hybridized carbons (Fsp3) is 0.500. The second-order valence-electron chi connectivity index (χ2n) is 5.91. The number of aliphatic hydroxyl groups excluding tert-OH is 1. The molecule has 1 saturated heterocycles. The normalized spacial score (nSPS) is 30.4. The molecule has 5 heteroatoms. The van der Waals surface area contributed by atoms with E-state index < -0.39 is 6.23 Å². The number of carbonyl (C=O) groups excluding carboxylic acids is 2. The number of hydrogen-bond acceptors (Lipinski definition) is 4. The molecule has 1 fully saturated rings. The highest BCUT2D eigenvalue weighted by Gasteiger charge is 2.43. The number of carbonyl (C=O) groups is 2. The van der Waals surface area contributed by atoms with Crippen LogP contribution in [0.4, 0.5) is 0 Å². The highest BCUT2D eigenvalue weighted by molar-refractivity contribution is 6.21. The maximum atomic E-state index is 12.6. The SMILES string of the molecule is CC1[C@@H](N2C(=O)c3ccccc3C2=O)CCCC(O)N1C. The van der Waals surface area contributed by atoms with E-state index in [-0.39, 0.29) is 23.9 Å². The van der Waals surface area contributed by atoms with Gasteiger partial charge in [0.25, 0.3) is 11.8 Å². The number of hydrogen-bond donors (Lipinski definition) is 1. The van der Waals surface area contributed by atoms with Gasteiger partial charge >= 0.3 is 0 Å². The molecule has 5 nitrogen and oxygen atoms in total. The summed E-state index contributed by atoms with van der Waals surface area (Å²) in [6.45, 7) is 1.96. The zero-order valence-corrected chi connectivity index (χ0v) is 12.3. The van der Waals surface area contributed by atoms with Gasteiger partial charge in [0.1, 0.15) is 6.23 Å². The predicted octanol–water partition coefficient (Wildman–Crippen LogP) is 1.47. The third kappa shape index (κ3) is 2.17. The summed E-state index contributed by atoms with van der Waals surface area (Å²) in [6, 6.07) is 6.70. The fourth-order valence-electron chi connectivity index (χ4n) is 3.35. The van der Waals surface area contributed by atoms with E-state index in [4.69, 9.17) is 0 Å². The molecule has 0 bridgehead atoms. The van der Waals surface area contributed by atoms with E-state index in [0.717, 1.165) is 12.8 Å². The Balaban J connectivity index is 1.94. The Morgan fingerprint density at radius 1 is 1.10 bits per heavy atom. The molecule has 0 aromatic heterocycles. The van der Waals surface area contributed by atoms with Crippen molar-refractivity contribution >= 4 is 11.8 Å². The van der Waals surface area contributed by atoms with E-state index in [9.17, 15) is 14.7 Å². The lowest BCUT2D eigenvalue weighted by molar-refractivity contribution is -0.0136. The lowest BCUT2D eigenvalue weighted by Gasteiger charge is -2.35. The van der Waals surface area contributed by atoms with E-state index in [2.05, 4.69) is 0 Å². The summed E-state index contributed by atoms with van der Waals surface area (Å²) in [5.74, 6) is -0.422. The molecule has 0 spiro atoms. The Morgan fingerprint density at radius 3 is 2.24 bits per heavy atom. The second kappa shape index (κ2) is 5.24. The van der Waals surface area contributed by atoms with Gasteiger partial charge in [-0.15, -0.1) is 0 Å². The smallest absolute Gasteiger partial charge is 0.261 e. The summed E-state index contributed by atoms with van der Waals surface area (Å²) >= 11 is 0. The Labute approximate surface area is 124 Å². The van der Waals surface area contributed by atoms with Gasteiger partial charge in [-0.25, -0.2) is 0 Å². The molecule has 2 unspecified atom stereocenters. The van der Waals surface area contributed by atoms with Crippen molar-refractivity contribution in [1.29, 1.82) is 0 Å². The third-order valence-electron chi connectivity index (χ3n) is 4.79. The maximum Gasteiger partial charge on any atom is 0.261 e. The van der Waals surface area contributed by atoms with E-state index in [1.54, 1.807) is 24.3 Å². The molecule has 3 rings (SSSR count). The molecule has 0 radical (unpaired) electrons. The first-order valence-electron chi connectivity index (χ1n) is 7.39. The van der Waals surface area contributed by atoms with Crippen molar-refractivity contribution in [2.24, 2.45) is 0 Å². The molecular formula is C16H20N2O3. The summed E-state index contributed by atoms with van der Waals surface area (Å²) in [7, 11) is 1.84. The second-order valence-corrected chi connectivity index (χ2v) is 5.91. The number of rotatable bonds is 1. The molecule has 2 heterocycles. The van der Waals surface area contributed by atoms with Crippen LogP contribution in [0.3, 0.4) is 0 Å². The Kier molecular flexibility index (Phi) is 3.55. The van der Waals surface area contributed by atoms with E-state index in [1.165, 1.54) is 4.90 Å². The number of likely N-dealkylation sites (tertiary alicyclic amines) is 1. The molecule has 1 aromatic carbocycles. The van der Waals surface area contributed by atoms with Crippen molar-refractivity contribution < 1.29 is 14.7 Å². The number of nitrogens with zero attached hydrogens (tertiary/aromatic N) is 2. The van der Waals surface area contributed by atoms with Crippen molar-refractivity contribution in [3.05, 3.63) is 35.4 Å². The van der Waals surface area contributed by atoms with E-state index >= 15 is 0 Å². The molecular weight excluding hydrogens is 268 g/mol. The van der Waals surface area contributed by atoms with Crippen molar-refractivity contribution in [3.63, 3.8) is 0 Å². The minimum Gasteiger partial charge on any atom is -0.378 e. The largest absolute Gasteiger partial charge is 0.378 e. The Morgan fingerprint density at radius 2 is 1.67 bits per heavy atom. The number of aliphatic hydroxyl groups is 1. The highest BCUT2D eigenvalue weighted by Crippen LogP contribution is 2.31. The standard InChI is InChI=1S/C16H20N2O3/c1-10-13(8-5-9-14(19)17(10)2)18-15(20)11-6-3-4-7-12(11)16(18)21/h3-4,6-7,10,13-14,19H,5,8-9H2,1-2H3/t10?,13-,14?/m0/s1. The van der Waals surface area contributed by atoms with Crippen LogP contribution < -0.4 is 0 Å². The molecule has 0 saturated carbocycles. The first-order chi connectivity index (χ1) is 10.0.